The highest BCUT2D eigenvalue weighted by Crippen LogP contribution is 2.10. The quantitative estimate of drug-likeness (QED) is 0.269. The topological polar surface area (TPSA) is 37.1 Å². The summed E-state index contributed by atoms with van der Waals surface area (Å²) in [4.78, 5) is 4.03. The van der Waals surface area contributed by atoms with E-state index in [4.69, 9.17) is 0 Å². The second kappa shape index (κ2) is 8.60. The van der Waals surface area contributed by atoms with Crippen molar-refractivity contribution in [3.05, 3.63) is 12.2 Å². The van der Waals surface area contributed by atoms with E-state index in [1.54, 1.807) is 14.1 Å². The molecule has 3 heteroatoms. The van der Waals surface area contributed by atoms with E-state index < -0.39 is 0 Å². The minimum Gasteiger partial charge on any atom is -0.268 e. The van der Waals surface area contributed by atoms with Crippen molar-refractivity contribution in [2.75, 3.05) is 14.1 Å². The van der Waals surface area contributed by atoms with Crippen LogP contribution in [0.3, 0.4) is 0 Å². The first kappa shape index (κ1) is 13.0. The Bertz CT molecular complexity index is 217. The molecular weight excluding hydrogens is 174 g/mol. The van der Waals surface area contributed by atoms with Crippen LogP contribution in [0.5, 0.6) is 0 Å². The molecule has 0 aliphatic heterocycles. The lowest BCUT2D eigenvalue weighted by Gasteiger charge is -2.03. The molecule has 0 aromatic carbocycles. The summed E-state index contributed by atoms with van der Waals surface area (Å²) < 4.78 is 0. The van der Waals surface area contributed by atoms with Crippen LogP contribution in [0.2, 0.25) is 0 Å². The highest BCUT2D eigenvalue weighted by Gasteiger charge is 2.01. The Kier molecular flexibility index (Phi) is 7.99. The van der Waals surface area contributed by atoms with Gasteiger partial charge in [0.05, 0.1) is 0 Å². The molecule has 0 heterocycles. The predicted molar refractivity (Wildman–Crippen MR) is 62.0 cm³/mol. The van der Waals surface area contributed by atoms with Crippen LogP contribution >= 0.6 is 0 Å². The summed E-state index contributed by atoms with van der Waals surface area (Å²) in [6.07, 6.45) is 5.96. The number of aliphatic imine (C=N–C) groups is 1. The standard InChI is InChI=1S/C11H21N3/c1-5-6-7-8-9-10(2)11(12-3)14-13-4/h2,5-9H2,1,3-4H3/b12-11-,14-13-. The zero-order valence-electron chi connectivity index (χ0n) is 9.58. The summed E-state index contributed by atoms with van der Waals surface area (Å²) in [6.45, 7) is 6.16. The minimum atomic E-state index is 0.684. The lowest BCUT2D eigenvalue weighted by molar-refractivity contribution is 0.670. The van der Waals surface area contributed by atoms with Crippen molar-refractivity contribution in [2.24, 2.45) is 15.2 Å². The van der Waals surface area contributed by atoms with E-state index in [9.17, 15) is 0 Å². The van der Waals surface area contributed by atoms with Crippen molar-refractivity contribution in [1.29, 1.82) is 0 Å². The van der Waals surface area contributed by atoms with Gasteiger partial charge in [0, 0.05) is 14.1 Å². The largest absolute Gasteiger partial charge is 0.268 e. The van der Waals surface area contributed by atoms with Gasteiger partial charge in [-0.15, -0.1) is 5.11 Å². The molecule has 0 fully saturated rings. The van der Waals surface area contributed by atoms with Crippen LogP contribution in [0.25, 0.3) is 0 Å². The second-order valence-corrected chi connectivity index (χ2v) is 3.26. The number of amidine groups is 1. The van der Waals surface area contributed by atoms with Gasteiger partial charge in [0.2, 0.25) is 0 Å². The van der Waals surface area contributed by atoms with Crippen LogP contribution < -0.4 is 0 Å². The summed E-state index contributed by atoms with van der Waals surface area (Å²) in [6, 6.07) is 0. The fourth-order valence-corrected chi connectivity index (χ4v) is 1.25. The van der Waals surface area contributed by atoms with Crippen molar-refractivity contribution in [3.8, 4) is 0 Å². The average molecular weight is 195 g/mol. The van der Waals surface area contributed by atoms with Crippen LogP contribution in [-0.2, 0) is 0 Å². The molecule has 0 atom stereocenters. The molecule has 0 radical (unpaired) electrons. The number of hydrogen-bond donors (Lipinski definition) is 0. The van der Waals surface area contributed by atoms with Gasteiger partial charge in [-0.25, -0.2) is 0 Å². The lowest BCUT2D eigenvalue weighted by atomic mass is 10.1. The molecule has 0 bridgehead atoms. The molecule has 0 aliphatic rings. The van der Waals surface area contributed by atoms with E-state index in [1.807, 2.05) is 0 Å². The Morgan fingerprint density at radius 2 is 1.86 bits per heavy atom. The van der Waals surface area contributed by atoms with Crippen molar-refractivity contribution < 1.29 is 0 Å². The van der Waals surface area contributed by atoms with Crippen molar-refractivity contribution in [3.63, 3.8) is 0 Å². The third kappa shape index (κ3) is 5.62. The van der Waals surface area contributed by atoms with Gasteiger partial charge in [-0.2, -0.15) is 5.11 Å². The lowest BCUT2D eigenvalue weighted by Crippen LogP contribution is -1.97. The van der Waals surface area contributed by atoms with Gasteiger partial charge in [0.25, 0.3) is 0 Å². The molecule has 0 rings (SSSR count). The summed E-state index contributed by atoms with van der Waals surface area (Å²) in [5, 5.41) is 7.62. The second-order valence-electron chi connectivity index (χ2n) is 3.26. The van der Waals surface area contributed by atoms with Crippen LogP contribution in [0, 0.1) is 0 Å². The fourth-order valence-electron chi connectivity index (χ4n) is 1.25. The monoisotopic (exact) mass is 195 g/mol. The molecular formula is C11H21N3. The highest BCUT2D eigenvalue weighted by molar-refractivity contribution is 5.97. The number of hydrogen-bond acceptors (Lipinski definition) is 2. The van der Waals surface area contributed by atoms with Gasteiger partial charge < -0.3 is 0 Å². The van der Waals surface area contributed by atoms with E-state index in [0.717, 1.165) is 12.0 Å². The van der Waals surface area contributed by atoms with E-state index in [0.29, 0.717) is 5.84 Å². The molecule has 0 amide bonds. The first-order valence-electron chi connectivity index (χ1n) is 5.21. The summed E-state index contributed by atoms with van der Waals surface area (Å²) in [5.74, 6) is 0.684. The Balaban J connectivity index is 3.83. The maximum absolute atomic E-state index is 4.03. The normalized spacial score (nSPS) is 12.4. The van der Waals surface area contributed by atoms with Crippen LogP contribution in [0.1, 0.15) is 39.0 Å². The zero-order valence-corrected chi connectivity index (χ0v) is 9.58. The first-order valence-corrected chi connectivity index (χ1v) is 5.21. The molecule has 80 valence electrons. The highest BCUT2D eigenvalue weighted by atomic mass is 15.1. The molecule has 0 aromatic rings. The first-order chi connectivity index (χ1) is 6.76. The van der Waals surface area contributed by atoms with Gasteiger partial charge in [-0.05, 0) is 18.4 Å². The third-order valence-corrected chi connectivity index (χ3v) is 2.05. The van der Waals surface area contributed by atoms with E-state index in [1.165, 1.54) is 25.7 Å². The predicted octanol–water partition coefficient (Wildman–Crippen LogP) is 3.62. The zero-order chi connectivity index (χ0) is 10.8. The average Bonchev–Trinajstić information content (AvgIpc) is 2.20. The van der Waals surface area contributed by atoms with E-state index >= 15 is 0 Å². The minimum absolute atomic E-state index is 0.684. The van der Waals surface area contributed by atoms with Crippen LogP contribution in [-0.4, -0.2) is 19.9 Å². The Hall–Kier alpha value is -0.990. The van der Waals surface area contributed by atoms with Crippen molar-refractivity contribution >= 4 is 5.84 Å². The maximum atomic E-state index is 4.03. The van der Waals surface area contributed by atoms with E-state index in [2.05, 4.69) is 28.7 Å². The third-order valence-electron chi connectivity index (χ3n) is 2.05. The number of azo groups is 1. The number of rotatable bonds is 6. The smallest absolute Gasteiger partial charge is 0.171 e. The van der Waals surface area contributed by atoms with Crippen molar-refractivity contribution in [1.82, 2.24) is 0 Å². The molecule has 0 unspecified atom stereocenters. The summed E-state index contributed by atoms with van der Waals surface area (Å²) >= 11 is 0. The Labute approximate surface area is 87.0 Å². The van der Waals surface area contributed by atoms with Crippen LogP contribution in [0.15, 0.2) is 27.4 Å². The molecule has 3 nitrogen and oxygen atoms in total. The molecule has 0 saturated carbocycles. The number of unbranched alkanes of at least 4 members (excludes halogenated alkanes) is 3. The van der Waals surface area contributed by atoms with Gasteiger partial charge in [0.15, 0.2) is 5.84 Å². The van der Waals surface area contributed by atoms with Gasteiger partial charge >= 0.3 is 0 Å². The maximum Gasteiger partial charge on any atom is 0.171 e. The summed E-state index contributed by atoms with van der Waals surface area (Å²) in [5.41, 5.74) is 0.995. The van der Waals surface area contributed by atoms with Gasteiger partial charge in [-0.1, -0.05) is 32.8 Å². The fraction of sp³-hybridized carbons (Fsp3) is 0.727. The van der Waals surface area contributed by atoms with Gasteiger partial charge in [0.1, 0.15) is 0 Å². The number of nitrogens with zero attached hydrogens (tertiary/aromatic N) is 3. The molecule has 0 aliphatic carbocycles. The van der Waals surface area contributed by atoms with E-state index in [-0.39, 0.29) is 0 Å². The Morgan fingerprint density at radius 1 is 1.14 bits per heavy atom. The van der Waals surface area contributed by atoms with Crippen LogP contribution in [0.4, 0.5) is 0 Å². The summed E-state index contributed by atoms with van der Waals surface area (Å²) in [7, 11) is 3.37. The SMILES string of the molecule is C=C(CCCCCC)C(/N=N\C)=N/C. The van der Waals surface area contributed by atoms with Gasteiger partial charge in [-0.3, -0.25) is 4.99 Å². The molecule has 0 N–H and O–H groups in total. The van der Waals surface area contributed by atoms with Crippen molar-refractivity contribution in [2.45, 2.75) is 39.0 Å². The molecule has 0 saturated heterocycles. The molecule has 0 aromatic heterocycles. The Morgan fingerprint density at radius 3 is 2.36 bits per heavy atom. The molecule has 14 heavy (non-hydrogen) atoms. The molecule has 0 spiro atoms.